The number of hydrogen-bond acceptors (Lipinski definition) is 8. The minimum absolute atomic E-state index is 0. The second-order valence-corrected chi connectivity index (χ2v) is 4.38. The van der Waals surface area contributed by atoms with Crippen LogP contribution >= 0.6 is 0 Å². The molecule has 18 nitrogen and oxygen atoms in total. The van der Waals surface area contributed by atoms with Gasteiger partial charge in [-0.25, -0.2) is 19.6 Å². The normalized spacial score (nSPS) is 18.1. The standard InChI is InChI=1S/2C4H6N4O3.2Al.4H2O/c2*5-3(10)6-1-2(9)8-4(11)7-1;;;;;;/h2*1H,(H3,5,6,10)(H2,7,8,9,11);;;4*1H2/q;;2*+1;;;;/p-2. The molecule has 0 aliphatic carbocycles. The third-order valence-electron chi connectivity index (χ3n) is 2.23. The molecule has 2 heterocycles. The zero-order valence-electron chi connectivity index (χ0n) is 13.8. The molecule has 16 N–H and O–H groups in total. The summed E-state index contributed by atoms with van der Waals surface area (Å²) in [5.41, 5.74) is 9.55. The SMILES string of the molecule is NC(=O)NC1N=C([O][Al])NC1=O.NC(=O)NC1N=C([O][Al])NC1=O.O.O.O.O. The van der Waals surface area contributed by atoms with Gasteiger partial charge in [-0.1, -0.05) is 0 Å². The largest absolute Gasteiger partial charge is 0.627 e. The third-order valence-corrected chi connectivity index (χ3v) is 2.68. The molecule has 0 aromatic carbocycles. The fourth-order valence-electron chi connectivity index (χ4n) is 1.35. The number of amidine groups is 2. The molecule has 0 fully saturated rings. The molecule has 6 amide bonds. The summed E-state index contributed by atoms with van der Waals surface area (Å²) in [5, 5.41) is 8.73. The summed E-state index contributed by atoms with van der Waals surface area (Å²) in [6, 6.07) is -1.57. The molecule has 20 heteroatoms. The summed E-state index contributed by atoms with van der Waals surface area (Å²) in [6.07, 6.45) is -1.98. The van der Waals surface area contributed by atoms with Gasteiger partial charge in [0.05, 0.1) is 0 Å². The van der Waals surface area contributed by atoms with Crippen molar-refractivity contribution in [2.24, 2.45) is 21.5 Å². The molecule has 0 aromatic heterocycles. The predicted octanol–water partition coefficient (Wildman–Crippen LogP) is -8.17. The lowest BCUT2D eigenvalue weighted by Crippen LogP contribution is -2.43. The maximum absolute atomic E-state index is 10.9. The van der Waals surface area contributed by atoms with Crippen molar-refractivity contribution in [3.63, 3.8) is 0 Å². The minimum atomic E-state index is -0.988. The number of aliphatic imine (C=N–C) groups is 2. The highest BCUT2D eigenvalue weighted by molar-refractivity contribution is 6.12. The van der Waals surface area contributed by atoms with E-state index in [4.69, 9.17) is 11.5 Å². The van der Waals surface area contributed by atoms with Gasteiger partial charge in [-0.3, -0.25) is 20.2 Å². The molecule has 0 saturated carbocycles. The summed E-state index contributed by atoms with van der Waals surface area (Å²) < 4.78 is 9.07. The number of rotatable bonds is 2. The molecule has 2 rings (SSSR count). The van der Waals surface area contributed by atoms with Crippen LogP contribution in [0.25, 0.3) is 0 Å². The Kier molecular flexibility index (Phi) is 18.1. The number of carbonyl (C=O) groups is 4. The molecule has 28 heavy (non-hydrogen) atoms. The van der Waals surface area contributed by atoms with Gasteiger partial charge in [-0.05, 0) is 0 Å². The molecule has 156 valence electrons. The van der Waals surface area contributed by atoms with Gasteiger partial charge in [0, 0.05) is 0 Å². The van der Waals surface area contributed by atoms with E-state index in [1.807, 2.05) is 33.2 Å². The summed E-state index contributed by atoms with van der Waals surface area (Å²) >= 11 is 3.82. The van der Waals surface area contributed by atoms with E-state index < -0.39 is 36.2 Å². The summed E-state index contributed by atoms with van der Waals surface area (Å²) in [7, 11) is 0. The Morgan fingerprint density at radius 1 is 0.821 bits per heavy atom. The van der Waals surface area contributed by atoms with Crippen molar-refractivity contribution in [1.82, 2.24) is 21.3 Å². The summed E-state index contributed by atoms with van der Waals surface area (Å²) in [6.45, 7) is 0. The van der Waals surface area contributed by atoms with Crippen molar-refractivity contribution in [2.75, 3.05) is 0 Å². The Bertz CT molecular complexity index is 564. The van der Waals surface area contributed by atoms with Crippen LogP contribution in [0, 0.1) is 0 Å². The summed E-state index contributed by atoms with van der Waals surface area (Å²) in [5.74, 6) is -0.961. The van der Waals surface area contributed by atoms with Crippen LogP contribution in [0.3, 0.4) is 0 Å². The molecule has 2 atom stereocenters. The van der Waals surface area contributed by atoms with Crippen LogP contribution in [-0.4, -0.2) is 103 Å². The lowest BCUT2D eigenvalue weighted by Gasteiger charge is -2.02. The molecule has 2 unspecified atom stereocenters. The number of nitrogens with one attached hydrogen (secondary N) is 4. The van der Waals surface area contributed by atoms with Gasteiger partial charge in [-0.2, -0.15) is 0 Å². The van der Waals surface area contributed by atoms with E-state index in [9.17, 15) is 19.2 Å². The molecule has 0 spiro atoms. The topological polar surface area (TPSA) is 338 Å². The second kappa shape index (κ2) is 15.4. The van der Waals surface area contributed by atoms with Gasteiger partial charge in [0.2, 0.25) is 12.3 Å². The molecular weight excluding hydrogens is 422 g/mol. The number of nitrogens with zero attached hydrogens (tertiary/aromatic N) is 2. The van der Waals surface area contributed by atoms with E-state index in [-0.39, 0.29) is 33.9 Å². The predicted molar refractivity (Wildman–Crippen MR) is 92.3 cm³/mol. The summed E-state index contributed by atoms with van der Waals surface area (Å²) in [4.78, 5) is 49.7. The lowest BCUT2D eigenvalue weighted by atomic mass is 10.5. The zero-order chi connectivity index (χ0) is 18.3. The molecule has 0 bridgehead atoms. The quantitative estimate of drug-likeness (QED) is 0.226. The van der Waals surface area contributed by atoms with Gasteiger partial charge in [0.1, 0.15) is 0 Å². The van der Waals surface area contributed by atoms with Crippen LogP contribution in [0.1, 0.15) is 0 Å². The van der Waals surface area contributed by atoms with Crippen LogP contribution < -0.4 is 32.7 Å². The fourth-order valence-corrected chi connectivity index (χ4v) is 1.59. The molecule has 2 aliphatic heterocycles. The Morgan fingerprint density at radius 2 is 1.11 bits per heavy atom. The van der Waals surface area contributed by atoms with Gasteiger partial charge < -0.3 is 51.6 Å². The number of urea groups is 2. The lowest BCUT2D eigenvalue weighted by molar-refractivity contribution is -0.121. The Hall–Kier alpha value is -2.68. The Labute approximate surface area is 173 Å². The first-order chi connectivity index (χ1) is 11.3. The maximum atomic E-state index is 10.9. The average molecular weight is 440 g/mol. The van der Waals surface area contributed by atoms with Crippen molar-refractivity contribution in [1.29, 1.82) is 0 Å². The fraction of sp³-hybridized carbons (Fsp3) is 0.250. The smallest absolute Gasteiger partial charge is 0.485 e. The monoisotopic (exact) mass is 440 g/mol. The molecule has 0 saturated heterocycles. The number of amides is 6. The van der Waals surface area contributed by atoms with Crippen LogP contribution in [0.5, 0.6) is 0 Å². The second-order valence-electron chi connectivity index (χ2n) is 3.90. The zero-order valence-corrected chi connectivity index (χ0v) is 16.1. The highest BCUT2D eigenvalue weighted by Gasteiger charge is 2.27. The molecule has 4 radical (unpaired) electrons. The van der Waals surface area contributed by atoms with Gasteiger partial charge >= 0.3 is 45.3 Å². The van der Waals surface area contributed by atoms with Crippen molar-refractivity contribution in [3.05, 3.63) is 0 Å². The first-order valence-electron chi connectivity index (χ1n) is 5.89. The first-order valence-corrected chi connectivity index (χ1v) is 6.83. The highest BCUT2D eigenvalue weighted by Crippen LogP contribution is 1.96. The van der Waals surface area contributed by atoms with Crippen molar-refractivity contribution >= 4 is 69.2 Å². The number of carbonyl (C=O) groups excluding carboxylic acids is 4. The van der Waals surface area contributed by atoms with Gasteiger partial charge in [-0.15, -0.1) is 0 Å². The number of primary amides is 2. The Balaban J connectivity index is -0.000000180. The number of hydrogen-bond donors (Lipinski definition) is 6. The van der Waals surface area contributed by atoms with E-state index in [2.05, 4.69) is 38.8 Å². The van der Waals surface area contributed by atoms with Gasteiger partial charge in [0.25, 0.3) is 23.9 Å². The Morgan fingerprint density at radius 3 is 1.29 bits per heavy atom. The van der Waals surface area contributed by atoms with E-state index in [0.717, 1.165) is 0 Å². The highest BCUT2D eigenvalue weighted by atomic mass is 27.1. The van der Waals surface area contributed by atoms with Crippen molar-refractivity contribution in [3.8, 4) is 0 Å². The first kappa shape index (κ1) is 33.0. The third kappa shape index (κ3) is 10.5. The molecule has 0 aromatic rings. The average Bonchev–Trinajstić information content (AvgIpc) is 3.02. The minimum Gasteiger partial charge on any atom is -0.627 e. The van der Waals surface area contributed by atoms with Crippen LogP contribution in [-0.2, 0) is 17.2 Å². The van der Waals surface area contributed by atoms with E-state index in [1.54, 1.807) is 0 Å². The van der Waals surface area contributed by atoms with E-state index in [0.29, 0.717) is 0 Å². The van der Waals surface area contributed by atoms with Crippen molar-refractivity contribution in [2.45, 2.75) is 12.3 Å². The maximum Gasteiger partial charge on any atom is 0.485 e. The van der Waals surface area contributed by atoms with Crippen molar-refractivity contribution < 1.29 is 48.7 Å². The molecule has 2 aliphatic rings. The number of nitrogens with two attached hydrogens (primary N) is 2. The van der Waals surface area contributed by atoms with Gasteiger partial charge in [0.15, 0.2) is 0 Å². The van der Waals surface area contributed by atoms with Crippen LogP contribution in [0.2, 0.25) is 0 Å². The van der Waals surface area contributed by atoms with Crippen LogP contribution in [0.15, 0.2) is 9.98 Å². The van der Waals surface area contributed by atoms with Crippen LogP contribution in [0.4, 0.5) is 9.59 Å². The van der Waals surface area contributed by atoms with E-state index >= 15 is 0 Å². The molecular formula is C8H18Al2N8O10. The van der Waals surface area contributed by atoms with E-state index in [1.165, 1.54) is 0 Å².